The molecule has 0 fully saturated rings. The maximum absolute atomic E-state index is 10.1. The van der Waals surface area contributed by atoms with E-state index in [1.165, 1.54) is 9.75 Å². The summed E-state index contributed by atoms with van der Waals surface area (Å²) in [5, 5.41) is 13.6. The minimum absolute atomic E-state index is 0.0829. The summed E-state index contributed by atoms with van der Waals surface area (Å²) < 4.78 is 0. The van der Waals surface area contributed by atoms with E-state index in [0.29, 0.717) is 5.92 Å². The molecule has 0 saturated heterocycles. The van der Waals surface area contributed by atoms with Crippen molar-refractivity contribution in [2.75, 3.05) is 6.54 Å². The van der Waals surface area contributed by atoms with Gasteiger partial charge in [0.1, 0.15) is 0 Å². The highest BCUT2D eigenvalue weighted by Gasteiger charge is 2.29. The average molecular weight is 255 g/mol. The Hall–Kier alpha value is -0.380. The SMILES string of the molecule is Cc1ccc(CNCC(C)(C)C(O)C(C)C)s1. The molecule has 2 nitrogen and oxygen atoms in total. The quantitative estimate of drug-likeness (QED) is 0.818. The summed E-state index contributed by atoms with van der Waals surface area (Å²) in [4.78, 5) is 2.71. The van der Waals surface area contributed by atoms with Crippen molar-refractivity contribution >= 4 is 11.3 Å². The topological polar surface area (TPSA) is 32.3 Å². The molecule has 0 spiro atoms. The van der Waals surface area contributed by atoms with E-state index in [9.17, 15) is 5.11 Å². The van der Waals surface area contributed by atoms with Gasteiger partial charge in [0, 0.05) is 28.3 Å². The van der Waals surface area contributed by atoms with Crippen LogP contribution in [0, 0.1) is 18.3 Å². The first-order chi connectivity index (χ1) is 7.83. The molecule has 0 aliphatic carbocycles. The van der Waals surface area contributed by atoms with Crippen LogP contribution in [0.3, 0.4) is 0 Å². The summed E-state index contributed by atoms with van der Waals surface area (Å²) in [5.74, 6) is 0.302. The van der Waals surface area contributed by atoms with Gasteiger partial charge >= 0.3 is 0 Å². The molecular weight excluding hydrogens is 230 g/mol. The van der Waals surface area contributed by atoms with Gasteiger partial charge in [-0.25, -0.2) is 0 Å². The Morgan fingerprint density at radius 3 is 2.47 bits per heavy atom. The third-order valence-corrected chi connectivity index (χ3v) is 4.11. The molecule has 0 aromatic carbocycles. The molecule has 0 aliphatic heterocycles. The zero-order chi connectivity index (χ0) is 13.1. The second kappa shape index (κ2) is 5.98. The van der Waals surface area contributed by atoms with Gasteiger partial charge in [-0.15, -0.1) is 11.3 Å². The second-order valence-electron chi connectivity index (χ2n) is 5.79. The molecule has 3 heteroatoms. The Morgan fingerprint density at radius 2 is 2.00 bits per heavy atom. The van der Waals surface area contributed by atoms with Crippen LogP contribution >= 0.6 is 11.3 Å². The van der Waals surface area contributed by atoms with Gasteiger partial charge in [-0.1, -0.05) is 27.7 Å². The van der Waals surface area contributed by atoms with Gasteiger partial charge in [-0.3, -0.25) is 0 Å². The monoisotopic (exact) mass is 255 g/mol. The van der Waals surface area contributed by atoms with Crippen molar-refractivity contribution in [2.24, 2.45) is 11.3 Å². The maximum atomic E-state index is 10.1. The highest BCUT2D eigenvalue weighted by molar-refractivity contribution is 7.11. The largest absolute Gasteiger partial charge is 0.392 e. The van der Waals surface area contributed by atoms with Crippen LogP contribution in [0.15, 0.2) is 12.1 Å². The van der Waals surface area contributed by atoms with Crippen LogP contribution in [-0.4, -0.2) is 17.8 Å². The Bertz CT molecular complexity index is 344. The number of nitrogens with one attached hydrogen (secondary N) is 1. The summed E-state index contributed by atoms with van der Waals surface area (Å²) >= 11 is 1.83. The number of hydrogen-bond donors (Lipinski definition) is 2. The van der Waals surface area contributed by atoms with E-state index >= 15 is 0 Å². The Balaban J connectivity index is 2.39. The van der Waals surface area contributed by atoms with Crippen molar-refractivity contribution in [1.82, 2.24) is 5.32 Å². The zero-order valence-corrected chi connectivity index (χ0v) is 12.4. The van der Waals surface area contributed by atoms with Crippen LogP contribution in [0.1, 0.15) is 37.4 Å². The Kier molecular flexibility index (Phi) is 5.17. The first-order valence-electron chi connectivity index (χ1n) is 6.27. The Morgan fingerprint density at radius 1 is 1.35 bits per heavy atom. The molecule has 0 saturated carbocycles. The van der Waals surface area contributed by atoms with Gasteiger partial charge in [0.15, 0.2) is 0 Å². The van der Waals surface area contributed by atoms with Crippen molar-refractivity contribution in [3.63, 3.8) is 0 Å². The van der Waals surface area contributed by atoms with Crippen molar-refractivity contribution in [1.29, 1.82) is 0 Å². The third kappa shape index (κ3) is 4.41. The van der Waals surface area contributed by atoms with Gasteiger partial charge in [0.25, 0.3) is 0 Å². The third-order valence-electron chi connectivity index (χ3n) is 3.11. The number of aryl methyl sites for hydroxylation is 1. The molecule has 1 rings (SSSR count). The number of aliphatic hydroxyl groups is 1. The molecule has 0 aliphatic rings. The van der Waals surface area contributed by atoms with E-state index in [4.69, 9.17) is 0 Å². The second-order valence-corrected chi connectivity index (χ2v) is 7.17. The smallest absolute Gasteiger partial charge is 0.0626 e. The van der Waals surface area contributed by atoms with Gasteiger partial charge in [-0.05, 0) is 25.0 Å². The molecule has 17 heavy (non-hydrogen) atoms. The van der Waals surface area contributed by atoms with E-state index in [0.717, 1.165) is 13.1 Å². The van der Waals surface area contributed by atoms with E-state index < -0.39 is 0 Å². The maximum Gasteiger partial charge on any atom is 0.0626 e. The highest BCUT2D eigenvalue weighted by Crippen LogP contribution is 2.25. The number of aliphatic hydroxyl groups excluding tert-OH is 1. The van der Waals surface area contributed by atoms with Crippen molar-refractivity contribution in [3.8, 4) is 0 Å². The lowest BCUT2D eigenvalue weighted by Gasteiger charge is -2.33. The van der Waals surface area contributed by atoms with Crippen molar-refractivity contribution < 1.29 is 5.11 Å². The summed E-state index contributed by atoms with van der Waals surface area (Å²) in [6.45, 7) is 12.2. The first kappa shape index (κ1) is 14.7. The highest BCUT2D eigenvalue weighted by atomic mass is 32.1. The zero-order valence-electron chi connectivity index (χ0n) is 11.6. The lowest BCUT2D eigenvalue weighted by molar-refractivity contribution is 0.0135. The average Bonchev–Trinajstić information content (AvgIpc) is 2.62. The van der Waals surface area contributed by atoms with Gasteiger partial charge in [0.2, 0.25) is 0 Å². The fourth-order valence-corrected chi connectivity index (χ4v) is 2.95. The van der Waals surface area contributed by atoms with Gasteiger partial charge < -0.3 is 10.4 Å². The van der Waals surface area contributed by atoms with Crippen LogP contribution < -0.4 is 5.32 Å². The van der Waals surface area contributed by atoms with E-state index in [1.54, 1.807) is 0 Å². The molecule has 1 atom stereocenters. The molecule has 0 bridgehead atoms. The number of rotatable bonds is 6. The lowest BCUT2D eigenvalue weighted by atomic mass is 9.81. The van der Waals surface area contributed by atoms with E-state index in [2.05, 4.69) is 52.1 Å². The molecule has 1 aromatic heterocycles. The van der Waals surface area contributed by atoms with Gasteiger partial charge in [-0.2, -0.15) is 0 Å². The van der Waals surface area contributed by atoms with Crippen molar-refractivity contribution in [3.05, 3.63) is 21.9 Å². The lowest BCUT2D eigenvalue weighted by Crippen LogP contribution is -2.41. The van der Waals surface area contributed by atoms with Crippen LogP contribution in [0.4, 0.5) is 0 Å². The molecule has 98 valence electrons. The van der Waals surface area contributed by atoms with Crippen molar-refractivity contribution in [2.45, 2.75) is 47.3 Å². The van der Waals surface area contributed by atoms with E-state index in [1.807, 2.05) is 11.3 Å². The fraction of sp³-hybridized carbons (Fsp3) is 0.714. The van der Waals surface area contributed by atoms with Gasteiger partial charge in [0.05, 0.1) is 6.10 Å². The fourth-order valence-electron chi connectivity index (χ4n) is 2.09. The summed E-state index contributed by atoms with van der Waals surface area (Å²) in [6, 6.07) is 4.31. The predicted molar refractivity (Wildman–Crippen MR) is 75.4 cm³/mol. The minimum Gasteiger partial charge on any atom is -0.392 e. The molecular formula is C14H25NOS. The number of thiophene rings is 1. The molecule has 1 aromatic rings. The van der Waals surface area contributed by atoms with Crippen LogP contribution in [-0.2, 0) is 6.54 Å². The standard InChI is InChI=1S/C14H25NOS/c1-10(2)13(16)14(4,5)9-15-8-12-7-6-11(3)17-12/h6-7,10,13,15-16H,8-9H2,1-5H3. The van der Waals surface area contributed by atoms with Crippen LogP contribution in [0.2, 0.25) is 0 Å². The summed E-state index contributed by atoms with van der Waals surface area (Å²) in [5.41, 5.74) is -0.0829. The predicted octanol–water partition coefficient (Wildman–Crippen LogP) is 3.19. The molecule has 1 heterocycles. The molecule has 2 N–H and O–H groups in total. The first-order valence-corrected chi connectivity index (χ1v) is 7.08. The Labute approximate surface area is 109 Å². The summed E-state index contributed by atoms with van der Waals surface area (Å²) in [6.07, 6.45) is -0.264. The summed E-state index contributed by atoms with van der Waals surface area (Å²) in [7, 11) is 0. The molecule has 0 radical (unpaired) electrons. The van der Waals surface area contributed by atoms with Crippen LogP contribution in [0.25, 0.3) is 0 Å². The van der Waals surface area contributed by atoms with Crippen LogP contribution in [0.5, 0.6) is 0 Å². The minimum atomic E-state index is -0.264. The van der Waals surface area contributed by atoms with E-state index in [-0.39, 0.29) is 11.5 Å². The molecule has 0 amide bonds. The molecule has 1 unspecified atom stereocenters. The number of hydrogen-bond acceptors (Lipinski definition) is 3. The normalized spacial score (nSPS) is 14.3.